The molecule has 2 nitrogen and oxygen atoms in total. The Morgan fingerprint density at radius 1 is 1.31 bits per heavy atom. The van der Waals surface area contributed by atoms with Crippen molar-refractivity contribution in [3.63, 3.8) is 0 Å². The Labute approximate surface area is 93.4 Å². The molecule has 1 unspecified atom stereocenters. The number of para-hydroxylation sites is 1. The number of halogens is 2. The smallest absolute Gasteiger partial charge is 0.387 e. The Morgan fingerprint density at radius 2 is 1.94 bits per heavy atom. The second kappa shape index (κ2) is 4.01. The van der Waals surface area contributed by atoms with E-state index < -0.39 is 6.61 Å². The molecule has 0 radical (unpaired) electrons. The predicted molar refractivity (Wildman–Crippen MR) is 57.6 cm³/mol. The molecule has 0 spiro atoms. The van der Waals surface area contributed by atoms with Gasteiger partial charge in [-0.2, -0.15) is 8.78 Å². The monoisotopic (exact) mass is 227 g/mol. The van der Waals surface area contributed by atoms with Crippen molar-refractivity contribution in [2.24, 2.45) is 5.73 Å². The number of rotatable bonds is 4. The Balaban J connectivity index is 2.33. The molecule has 1 aromatic carbocycles. The van der Waals surface area contributed by atoms with Crippen molar-refractivity contribution in [1.82, 2.24) is 0 Å². The molecule has 0 amide bonds. The third-order valence-corrected chi connectivity index (χ3v) is 3.30. The fourth-order valence-corrected chi connectivity index (χ4v) is 2.18. The summed E-state index contributed by atoms with van der Waals surface area (Å²) in [6.45, 7) is -0.878. The van der Waals surface area contributed by atoms with Gasteiger partial charge in [-0.05, 0) is 25.8 Å². The van der Waals surface area contributed by atoms with Crippen LogP contribution in [0.4, 0.5) is 8.78 Å². The van der Waals surface area contributed by atoms with Gasteiger partial charge in [-0.1, -0.05) is 18.2 Å². The van der Waals surface area contributed by atoms with Crippen LogP contribution in [0.15, 0.2) is 24.3 Å². The third kappa shape index (κ3) is 1.89. The van der Waals surface area contributed by atoms with Gasteiger partial charge in [-0.15, -0.1) is 0 Å². The van der Waals surface area contributed by atoms with Gasteiger partial charge in [-0.25, -0.2) is 0 Å². The van der Waals surface area contributed by atoms with E-state index in [2.05, 4.69) is 4.74 Å². The van der Waals surface area contributed by atoms with Crippen molar-refractivity contribution in [3.8, 4) is 5.75 Å². The van der Waals surface area contributed by atoms with Crippen molar-refractivity contribution >= 4 is 0 Å². The first-order chi connectivity index (χ1) is 7.56. The number of ether oxygens (including phenoxy) is 1. The Kier molecular flexibility index (Phi) is 2.84. The molecule has 88 valence electrons. The molecule has 1 aliphatic rings. The van der Waals surface area contributed by atoms with Gasteiger partial charge in [-0.3, -0.25) is 0 Å². The first-order valence-electron chi connectivity index (χ1n) is 5.36. The lowest BCUT2D eigenvalue weighted by atomic mass is 9.89. The maximum absolute atomic E-state index is 12.3. The van der Waals surface area contributed by atoms with E-state index in [1.54, 1.807) is 12.1 Å². The molecule has 0 aromatic heterocycles. The minimum absolute atomic E-state index is 0.0464. The average Bonchev–Trinajstić information content (AvgIpc) is 2.98. The molecule has 0 saturated heterocycles. The second-order valence-electron chi connectivity index (χ2n) is 4.32. The Morgan fingerprint density at radius 3 is 2.44 bits per heavy atom. The van der Waals surface area contributed by atoms with Crippen LogP contribution in [0, 0.1) is 0 Å². The molecule has 1 saturated carbocycles. The normalized spacial score (nSPS) is 19.6. The lowest BCUT2D eigenvalue weighted by molar-refractivity contribution is -0.0507. The zero-order valence-corrected chi connectivity index (χ0v) is 9.12. The number of hydrogen-bond donors (Lipinski definition) is 1. The quantitative estimate of drug-likeness (QED) is 0.858. The molecular weight excluding hydrogens is 212 g/mol. The van der Waals surface area contributed by atoms with Gasteiger partial charge < -0.3 is 10.5 Å². The molecule has 2 rings (SSSR count). The second-order valence-corrected chi connectivity index (χ2v) is 4.32. The summed E-state index contributed by atoms with van der Waals surface area (Å²) in [5.41, 5.74) is 6.57. The van der Waals surface area contributed by atoms with Gasteiger partial charge in [0.1, 0.15) is 5.75 Å². The van der Waals surface area contributed by atoms with Gasteiger partial charge in [0, 0.05) is 17.0 Å². The van der Waals surface area contributed by atoms with Crippen LogP contribution in [0.3, 0.4) is 0 Å². The summed E-state index contributed by atoms with van der Waals surface area (Å²) in [5, 5.41) is 0. The van der Waals surface area contributed by atoms with E-state index >= 15 is 0 Å². The standard InChI is InChI=1S/C12H15F2NO/c1-8(15)12(6-7-12)9-4-2-3-5-10(9)16-11(13)14/h2-5,8,11H,6-7,15H2,1H3. The summed E-state index contributed by atoms with van der Waals surface area (Å²) in [7, 11) is 0. The third-order valence-electron chi connectivity index (χ3n) is 3.30. The maximum atomic E-state index is 12.3. The number of hydrogen-bond acceptors (Lipinski definition) is 2. The lowest BCUT2D eigenvalue weighted by Gasteiger charge is -2.22. The van der Waals surface area contributed by atoms with Crippen LogP contribution in [-0.2, 0) is 5.41 Å². The fourth-order valence-electron chi connectivity index (χ4n) is 2.18. The molecule has 4 heteroatoms. The van der Waals surface area contributed by atoms with E-state index in [0.717, 1.165) is 18.4 Å². The summed E-state index contributed by atoms with van der Waals surface area (Å²) < 4.78 is 29.0. The zero-order valence-electron chi connectivity index (χ0n) is 9.12. The SMILES string of the molecule is CC(N)C1(c2ccccc2OC(F)F)CC1. The van der Waals surface area contributed by atoms with E-state index in [9.17, 15) is 8.78 Å². The van der Waals surface area contributed by atoms with E-state index in [1.807, 2.05) is 19.1 Å². The van der Waals surface area contributed by atoms with Crippen LogP contribution in [0.1, 0.15) is 25.3 Å². The molecule has 1 atom stereocenters. The fraction of sp³-hybridized carbons (Fsp3) is 0.500. The molecule has 0 heterocycles. The predicted octanol–water partition coefficient (Wildman–Crippen LogP) is 2.67. The highest BCUT2D eigenvalue weighted by Crippen LogP contribution is 2.53. The summed E-state index contributed by atoms with van der Waals surface area (Å²) in [6.07, 6.45) is 1.88. The molecule has 2 N–H and O–H groups in total. The largest absolute Gasteiger partial charge is 0.435 e. The van der Waals surface area contributed by atoms with Crippen LogP contribution in [0.2, 0.25) is 0 Å². The van der Waals surface area contributed by atoms with E-state index in [4.69, 9.17) is 5.73 Å². The van der Waals surface area contributed by atoms with Crippen LogP contribution < -0.4 is 10.5 Å². The van der Waals surface area contributed by atoms with Gasteiger partial charge in [0.15, 0.2) is 0 Å². The highest BCUT2D eigenvalue weighted by molar-refractivity contribution is 5.44. The lowest BCUT2D eigenvalue weighted by Crippen LogP contribution is -2.32. The molecule has 1 aromatic rings. The van der Waals surface area contributed by atoms with Gasteiger partial charge in [0.2, 0.25) is 0 Å². The molecule has 1 fully saturated rings. The average molecular weight is 227 g/mol. The minimum atomic E-state index is -2.79. The van der Waals surface area contributed by atoms with E-state index in [-0.39, 0.29) is 17.2 Å². The first kappa shape index (κ1) is 11.3. The molecule has 0 aliphatic heterocycles. The Hall–Kier alpha value is -1.16. The highest BCUT2D eigenvalue weighted by atomic mass is 19.3. The molecular formula is C12H15F2NO. The van der Waals surface area contributed by atoms with E-state index in [0.29, 0.717) is 0 Å². The van der Waals surface area contributed by atoms with Crippen LogP contribution >= 0.6 is 0 Å². The minimum Gasteiger partial charge on any atom is -0.435 e. The number of nitrogens with two attached hydrogens (primary N) is 1. The van der Waals surface area contributed by atoms with Crippen molar-refractivity contribution < 1.29 is 13.5 Å². The van der Waals surface area contributed by atoms with Crippen LogP contribution in [0.5, 0.6) is 5.75 Å². The van der Waals surface area contributed by atoms with Crippen molar-refractivity contribution in [3.05, 3.63) is 29.8 Å². The molecule has 16 heavy (non-hydrogen) atoms. The molecule has 1 aliphatic carbocycles. The van der Waals surface area contributed by atoms with Gasteiger partial charge in [0.05, 0.1) is 0 Å². The number of alkyl halides is 2. The van der Waals surface area contributed by atoms with E-state index in [1.165, 1.54) is 0 Å². The van der Waals surface area contributed by atoms with Crippen LogP contribution in [-0.4, -0.2) is 12.7 Å². The zero-order chi connectivity index (χ0) is 11.8. The van der Waals surface area contributed by atoms with Gasteiger partial charge >= 0.3 is 6.61 Å². The Bertz CT molecular complexity index is 375. The summed E-state index contributed by atoms with van der Waals surface area (Å²) in [4.78, 5) is 0. The summed E-state index contributed by atoms with van der Waals surface area (Å²) >= 11 is 0. The molecule has 0 bridgehead atoms. The summed E-state index contributed by atoms with van der Waals surface area (Å²) in [6, 6.07) is 6.88. The van der Waals surface area contributed by atoms with Crippen molar-refractivity contribution in [2.75, 3.05) is 0 Å². The maximum Gasteiger partial charge on any atom is 0.387 e. The van der Waals surface area contributed by atoms with Crippen molar-refractivity contribution in [1.29, 1.82) is 0 Å². The summed E-state index contributed by atoms with van der Waals surface area (Å²) in [5.74, 6) is 0.257. The van der Waals surface area contributed by atoms with Gasteiger partial charge in [0.25, 0.3) is 0 Å². The highest BCUT2D eigenvalue weighted by Gasteiger charge is 2.49. The van der Waals surface area contributed by atoms with Crippen molar-refractivity contribution in [2.45, 2.75) is 37.8 Å². The number of benzene rings is 1. The van der Waals surface area contributed by atoms with Crippen LogP contribution in [0.25, 0.3) is 0 Å². The first-order valence-corrected chi connectivity index (χ1v) is 5.36. The topological polar surface area (TPSA) is 35.2 Å².